The van der Waals surface area contributed by atoms with E-state index >= 15 is 0 Å². The Balaban J connectivity index is 2.40. The van der Waals surface area contributed by atoms with E-state index in [0.29, 0.717) is 13.2 Å². The number of nitrogens with zero attached hydrogens (tertiary/aromatic N) is 1. The lowest BCUT2D eigenvalue weighted by Gasteiger charge is -2.16. The summed E-state index contributed by atoms with van der Waals surface area (Å²) in [5.41, 5.74) is 2.44. The van der Waals surface area contributed by atoms with E-state index in [2.05, 4.69) is 6.92 Å². The summed E-state index contributed by atoms with van der Waals surface area (Å²) < 4.78 is 5.57. The van der Waals surface area contributed by atoms with Gasteiger partial charge in [0.2, 0.25) is 5.91 Å². The van der Waals surface area contributed by atoms with Crippen LogP contribution in [-0.4, -0.2) is 36.9 Å². The Morgan fingerprint density at radius 2 is 2.06 bits per heavy atom. The molecule has 0 aliphatic heterocycles. The van der Waals surface area contributed by atoms with Crippen molar-refractivity contribution in [2.45, 2.75) is 13.8 Å². The van der Waals surface area contributed by atoms with Gasteiger partial charge < -0.3 is 9.64 Å². The quantitative estimate of drug-likeness (QED) is 0.756. The monoisotopic (exact) mass is 255 g/mol. The Bertz CT molecular complexity index is 393. The van der Waals surface area contributed by atoms with Gasteiger partial charge in [-0.15, -0.1) is 11.6 Å². The Morgan fingerprint density at radius 3 is 2.65 bits per heavy atom. The van der Waals surface area contributed by atoms with E-state index in [1.807, 2.05) is 25.1 Å². The molecule has 0 saturated heterocycles. The second kappa shape index (κ2) is 6.50. The summed E-state index contributed by atoms with van der Waals surface area (Å²) in [5.74, 6) is 0.760. The van der Waals surface area contributed by atoms with Gasteiger partial charge in [-0.1, -0.05) is 6.07 Å². The molecule has 1 aromatic carbocycles. The van der Waals surface area contributed by atoms with Crippen molar-refractivity contribution in [3.05, 3.63) is 29.3 Å². The fourth-order valence-corrected chi connectivity index (χ4v) is 1.53. The number of likely N-dealkylation sites (N-methyl/N-ethyl adjacent to an activating group) is 1. The first kappa shape index (κ1) is 13.8. The molecule has 0 atom stereocenters. The first-order valence-electron chi connectivity index (χ1n) is 5.54. The largest absolute Gasteiger partial charge is 0.492 e. The van der Waals surface area contributed by atoms with E-state index in [0.717, 1.165) is 5.75 Å². The van der Waals surface area contributed by atoms with Crippen LogP contribution >= 0.6 is 11.6 Å². The van der Waals surface area contributed by atoms with Gasteiger partial charge in [0, 0.05) is 7.05 Å². The number of carbonyl (C=O) groups excluding carboxylic acids is 1. The maximum absolute atomic E-state index is 11.2. The zero-order chi connectivity index (χ0) is 12.8. The molecule has 1 aromatic rings. The highest BCUT2D eigenvalue weighted by Gasteiger charge is 2.06. The van der Waals surface area contributed by atoms with Crippen LogP contribution in [0.1, 0.15) is 11.1 Å². The van der Waals surface area contributed by atoms with Gasteiger partial charge in [-0.05, 0) is 37.1 Å². The van der Waals surface area contributed by atoms with Gasteiger partial charge in [-0.25, -0.2) is 0 Å². The molecule has 0 bridgehead atoms. The van der Waals surface area contributed by atoms with Gasteiger partial charge in [-0.3, -0.25) is 4.79 Å². The minimum atomic E-state index is -0.0876. The van der Waals surface area contributed by atoms with Crippen molar-refractivity contribution in [2.75, 3.05) is 26.1 Å². The van der Waals surface area contributed by atoms with Gasteiger partial charge >= 0.3 is 0 Å². The molecule has 0 aromatic heterocycles. The highest BCUT2D eigenvalue weighted by atomic mass is 35.5. The standard InChI is InChI=1S/C13H18ClNO2/c1-10-4-5-12(8-11(10)2)17-7-6-15(3)13(16)9-14/h4-5,8H,6-7,9H2,1-3H3. The van der Waals surface area contributed by atoms with E-state index in [1.54, 1.807) is 11.9 Å². The Labute approximate surface area is 107 Å². The molecule has 0 N–H and O–H groups in total. The fourth-order valence-electron chi connectivity index (χ4n) is 1.33. The van der Waals surface area contributed by atoms with Gasteiger partial charge in [-0.2, -0.15) is 0 Å². The molecule has 0 aliphatic rings. The van der Waals surface area contributed by atoms with Crippen molar-refractivity contribution in [1.29, 1.82) is 0 Å². The summed E-state index contributed by atoms with van der Waals surface area (Å²) in [7, 11) is 1.72. The summed E-state index contributed by atoms with van der Waals surface area (Å²) in [6, 6.07) is 5.96. The molecular weight excluding hydrogens is 238 g/mol. The smallest absolute Gasteiger partial charge is 0.237 e. The second-order valence-electron chi connectivity index (χ2n) is 4.04. The van der Waals surface area contributed by atoms with E-state index < -0.39 is 0 Å². The summed E-state index contributed by atoms with van der Waals surface area (Å²) in [6.45, 7) is 5.12. The first-order valence-corrected chi connectivity index (χ1v) is 6.08. The molecule has 3 nitrogen and oxygen atoms in total. The van der Waals surface area contributed by atoms with Crippen molar-refractivity contribution in [1.82, 2.24) is 4.90 Å². The van der Waals surface area contributed by atoms with Crippen LogP contribution in [0.25, 0.3) is 0 Å². The minimum Gasteiger partial charge on any atom is -0.492 e. The third kappa shape index (κ3) is 4.27. The van der Waals surface area contributed by atoms with Crippen LogP contribution in [0.15, 0.2) is 18.2 Å². The first-order chi connectivity index (χ1) is 8.04. The number of benzene rings is 1. The van der Waals surface area contributed by atoms with Crippen molar-refractivity contribution >= 4 is 17.5 Å². The molecule has 1 rings (SSSR count). The van der Waals surface area contributed by atoms with Crippen molar-refractivity contribution in [2.24, 2.45) is 0 Å². The average Bonchev–Trinajstić information content (AvgIpc) is 2.32. The molecule has 0 aliphatic carbocycles. The number of carbonyl (C=O) groups is 1. The molecule has 0 heterocycles. The molecular formula is C13H18ClNO2. The maximum atomic E-state index is 11.2. The van der Waals surface area contributed by atoms with Crippen LogP contribution < -0.4 is 4.74 Å². The Hall–Kier alpha value is -1.22. The normalized spacial score (nSPS) is 10.1. The van der Waals surface area contributed by atoms with E-state index in [9.17, 15) is 4.79 Å². The molecule has 4 heteroatoms. The lowest BCUT2D eigenvalue weighted by Crippen LogP contribution is -2.31. The fraction of sp³-hybridized carbons (Fsp3) is 0.462. The summed E-state index contributed by atoms with van der Waals surface area (Å²) in [6.07, 6.45) is 0. The molecule has 0 radical (unpaired) electrons. The van der Waals surface area contributed by atoms with Crippen LogP contribution in [0.3, 0.4) is 0 Å². The van der Waals surface area contributed by atoms with Crippen molar-refractivity contribution < 1.29 is 9.53 Å². The van der Waals surface area contributed by atoms with Gasteiger partial charge in [0.05, 0.1) is 6.54 Å². The number of hydrogen-bond donors (Lipinski definition) is 0. The summed E-state index contributed by atoms with van der Waals surface area (Å²) in [5, 5.41) is 0. The summed E-state index contributed by atoms with van der Waals surface area (Å²) >= 11 is 5.45. The predicted molar refractivity (Wildman–Crippen MR) is 69.8 cm³/mol. The number of hydrogen-bond acceptors (Lipinski definition) is 2. The molecule has 0 saturated carbocycles. The highest BCUT2D eigenvalue weighted by Crippen LogP contribution is 2.16. The molecule has 0 unspecified atom stereocenters. The highest BCUT2D eigenvalue weighted by molar-refractivity contribution is 6.27. The van der Waals surface area contributed by atoms with E-state index in [1.165, 1.54) is 11.1 Å². The number of alkyl halides is 1. The molecule has 1 amide bonds. The number of halogens is 1. The molecule has 17 heavy (non-hydrogen) atoms. The number of ether oxygens (including phenoxy) is 1. The number of amides is 1. The second-order valence-corrected chi connectivity index (χ2v) is 4.31. The number of rotatable bonds is 5. The number of aryl methyl sites for hydroxylation is 2. The van der Waals surface area contributed by atoms with Crippen molar-refractivity contribution in [3.63, 3.8) is 0 Å². The van der Waals surface area contributed by atoms with E-state index in [4.69, 9.17) is 16.3 Å². The zero-order valence-corrected chi connectivity index (χ0v) is 11.3. The zero-order valence-electron chi connectivity index (χ0n) is 10.5. The predicted octanol–water partition coefficient (Wildman–Crippen LogP) is 2.38. The van der Waals surface area contributed by atoms with Crippen LogP contribution in [0.4, 0.5) is 0 Å². The van der Waals surface area contributed by atoms with Crippen molar-refractivity contribution in [3.8, 4) is 5.75 Å². The van der Waals surface area contributed by atoms with Gasteiger partial charge in [0.15, 0.2) is 0 Å². The molecule has 0 fully saturated rings. The van der Waals surface area contributed by atoms with Crippen LogP contribution in [0.5, 0.6) is 5.75 Å². The third-order valence-electron chi connectivity index (χ3n) is 2.71. The summed E-state index contributed by atoms with van der Waals surface area (Å²) in [4.78, 5) is 12.8. The lowest BCUT2D eigenvalue weighted by molar-refractivity contribution is -0.127. The SMILES string of the molecule is Cc1ccc(OCCN(C)C(=O)CCl)cc1C. The third-order valence-corrected chi connectivity index (χ3v) is 2.94. The Kier molecular flexibility index (Phi) is 5.29. The van der Waals surface area contributed by atoms with Crippen LogP contribution in [0, 0.1) is 13.8 Å². The van der Waals surface area contributed by atoms with Crippen LogP contribution in [0.2, 0.25) is 0 Å². The van der Waals surface area contributed by atoms with Crippen LogP contribution in [-0.2, 0) is 4.79 Å². The molecule has 94 valence electrons. The lowest BCUT2D eigenvalue weighted by atomic mass is 10.1. The topological polar surface area (TPSA) is 29.5 Å². The van der Waals surface area contributed by atoms with E-state index in [-0.39, 0.29) is 11.8 Å². The average molecular weight is 256 g/mol. The minimum absolute atomic E-state index is 0.0140. The maximum Gasteiger partial charge on any atom is 0.237 e. The van der Waals surface area contributed by atoms with Gasteiger partial charge in [0.25, 0.3) is 0 Å². The van der Waals surface area contributed by atoms with Gasteiger partial charge in [0.1, 0.15) is 18.2 Å². The Morgan fingerprint density at radius 1 is 1.35 bits per heavy atom. The molecule has 0 spiro atoms.